The fourth-order valence-corrected chi connectivity index (χ4v) is 4.54. The summed E-state index contributed by atoms with van der Waals surface area (Å²) in [5.74, 6) is 0.173. The Bertz CT molecular complexity index is 761. The minimum absolute atomic E-state index is 0.231. The normalized spacial score (nSPS) is 10.2. The SMILES string of the molecule is O=C(Nc1n[c]([Hg][Cl])nc2[nH]cnc12)c1ccccc1. The summed E-state index contributed by atoms with van der Waals surface area (Å²) in [6, 6.07) is 8.94. The van der Waals surface area contributed by atoms with Crippen LogP contribution in [0.1, 0.15) is 10.4 Å². The first-order valence-corrected chi connectivity index (χ1v) is 15.4. The molecule has 0 spiro atoms. The van der Waals surface area contributed by atoms with Crippen molar-refractivity contribution < 1.29 is 28.1 Å². The van der Waals surface area contributed by atoms with Crippen LogP contribution >= 0.6 is 8.25 Å². The molecule has 0 aliphatic rings. The molecule has 20 heavy (non-hydrogen) atoms. The molecule has 2 aromatic heterocycles. The molecule has 1 amide bonds. The second kappa shape index (κ2) is 5.84. The van der Waals surface area contributed by atoms with E-state index in [1.807, 2.05) is 6.07 Å². The molecule has 8 heteroatoms. The summed E-state index contributed by atoms with van der Waals surface area (Å²) < 4.78 is 0.645. The van der Waals surface area contributed by atoms with E-state index in [-0.39, 0.29) is 5.91 Å². The summed E-state index contributed by atoms with van der Waals surface area (Å²) in [5.41, 5.74) is 1.70. The van der Waals surface area contributed by atoms with E-state index < -0.39 is 23.3 Å². The summed E-state index contributed by atoms with van der Waals surface area (Å²) in [5, 5.41) is 2.77. The maximum absolute atomic E-state index is 12.2. The van der Waals surface area contributed by atoms with Gasteiger partial charge in [0.25, 0.3) is 0 Å². The van der Waals surface area contributed by atoms with E-state index in [2.05, 4.69) is 25.3 Å². The molecular weight excluding hydrogens is 466 g/mol. The number of halogens is 1. The third-order valence-corrected chi connectivity index (χ3v) is 6.97. The number of carbonyl (C=O) groups excluding carboxylic acids is 1. The van der Waals surface area contributed by atoms with Crippen molar-refractivity contribution in [2.24, 2.45) is 0 Å². The van der Waals surface area contributed by atoms with Gasteiger partial charge in [0.2, 0.25) is 0 Å². The zero-order valence-corrected chi connectivity index (χ0v) is 16.6. The van der Waals surface area contributed by atoms with Gasteiger partial charge >= 0.3 is 130 Å². The first-order valence-electron chi connectivity index (χ1n) is 5.90. The molecule has 0 atom stereocenters. The van der Waals surface area contributed by atoms with E-state index in [9.17, 15) is 4.79 Å². The summed E-state index contributed by atoms with van der Waals surface area (Å²) >= 11 is -1.76. The van der Waals surface area contributed by atoms with Crippen molar-refractivity contribution in [3.8, 4) is 0 Å². The Morgan fingerprint density at radius 1 is 1.25 bits per heavy atom. The molecule has 0 saturated carbocycles. The van der Waals surface area contributed by atoms with Gasteiger partial charge in [-0.2, -0.15) is 0 Å². The number of amides is 1. The van der Waals surface area contributed by atoms with Crippen LogP contribution in [0.25, 0.3) is 11.2 Å². The van der Waals surface area contributed by atoms with E-state index in [4.69, 9.17) is 8.25 Å². The molecule has 0 unspecified atom stereocenters. The van der Waals surface area contributed by atoms with Crippen molar-refractivity contribution in [1.29, 1.82) is 0 Å². The van der Waals surface area contributed by atoms with Gasteiger partial charge in [0.1, 0.15) is 0 Å². The summed E-state index contributed by atoms with van der Waals surface area (Å²) in [4.78, 5) is 27.8. The van der Waals surface area contributed by atoms with Crippen LogP contribution in [0.2, 0.25) is 0 Å². The van der Waals surface area contributed by atoms with Crippen molar-refractivity contribution in [2.45, 2.75) is 0 Å². The van der Waals surface area contributed by atoms with Crippen molar-refractivity contribution in [1.82, 2.24) is 19.9 Å². The fraction of sp³-hybridized carbons (Fsp3) is 0. The predicted octanol–water partition coefficient (Wildman–Crippen LogP) is 1.47. The second-order valence-electron chi connectivity index (χ2n) is 4.04. The summed E-state index contributed by atoms with van der Waals surface area (Å²) in [6.07, 6.45) is 1.52. The van der Waals surface area contributed by atoms with Crippen molar-refractivity contribution in [3.05, 3.63) is 42.2 Å². The monoisotopic (exact) mass is 475 g/mol. The summed E-state index contributed by atoms with van der Waals surface area (Å²) in [7, 11) is 5.97. The Hall–Kier alpha value is -1.53. The molecule has 3 aromatic rings. The Morgan fingerprint density at radius 3 is 2.80 bits per heavy atom. The van der Waals surface area contributed by atoms with Gasteiger partial charge in [-0.25, -0.2) is 0 Å². The molecule has 0 saturated heterocycles. The van der Waals surface area contributed by atoms with Gasteiger partial charge < -0.3 is 0 Å². The minimum atomic E-state index is -1.76. The Balaban J connectivity index is 1.98. The molecule has 0 aliphatic heterocycles. The number of H-pyrrole nitrogens is 1. The number of aromatic amines is 1. The first kappa shape index (κ1) is 13.4. The molecule has 0 bridgehead atoms. The van der Waals surface area contributed by atoms with Crippen molar-refractivity contribution >= 4 is 34.5 Å². The third-order valence-electron chi connectivity index (χ3n) is 2.71. The number of rotatable bonds is 3. The van der Waals surface area contributed by atoms with Gasteiger partial charge in [-0.05, 0) is 0 Å². The van der Waals surface area contributed by atoms with Crippen LogP contribution < -0.4 is 8.65 Å². The van der Waals surface area contributed by atoms with Gasteiger partial charge in [0, 0.05) is 0 Å². The number of imidazole rings is 1. The van der Waals surface area contributed by atoms with Gasteiger partial charge in [-0.3, -0.25) is 0 Å². The van der Waals surface area contributed by atoms with Gasteiger partial charge in [0.05, 0.1) is 0 Å². The zero-order chi connectivity index (χ0) is 13.9. The molecule has 0 aliphatic carbocycles. The molecule has 1 aromatic carbocycles. The predicted molar refractivity (Wildman–Crippen MR) is 71.6 cm³/mol. The zero-order valence-electron chi connectivity index (χ0n) is 10.3. The number of nitrogens with one attached hydrogen (secondary N) is 2. The van der Waals surface area contributed by atoms with Gasteiger partial charge in [0.15, 0.2) is 0 Å². The molecule has 2 heterocycles. The first-order chi connectivity index (χ1) is 9.78. The van der Waals surface area contributed by atoms with Crippen molar-refractivity contribution in [3.63, 3.8) is 0 Å². The Kier molecular flexibility index (Phi) is 3.93. The molecule has 96 valence electrons. The Labute approximate surface area is 129 Å². The third kappa shape index (κ3) is 2.66. The number of carbonyl (C=O) groups is 1. The molecule has 6 nitrogen and oxygen atoms in total. The average Bonchev–Trinajstić information content (AvgIpc) is 2.96. The van der Waals surface area contributed by atoms with E-state index >= 15 is 0 Å². The number of fused-ring (bicyclic) bond motifs is 1. The van der Waals surface area contributed by atoms with E-state index in [1.54, 1.807) is 24.3 Å². The number of benzene rings is 1. The molecule has 0 fully saturated rings. The van der Waals surface area contributed by atoms with Crippen LogP contribution in [0.15, 0.2) is 36.7 Å². The summed E-state index contributed by atoms with van der Waals surface area (Å²) in [6.45, 7) is 0. The fourth-order valence-electron chi connectivity index (χ4n) is 1.80. The van der Waals surface area contributed by atoms with Crippen LogP contribution in [0.5, 0.6) is 0 Å². The average molecular weight is 474 g/mol. The van der Waals surface area contributed by atoms with E-state index in [0.29, 0.717) is 25.9 Å². The second-order valence-corrected chi connectivity index (χ2v) is 9.88. The topological polar surface area (TPSA) is 83.6 Å². The van der Waals surface area contributed by atoms with Crippen LogP contribution in [-0.2, 0) is 23.3 Å². The van der Waals surface area contributed by atoms with Crippen LogP contribution in [0, 0.1) is 0 Å². The number of anilines is 1. The Morgan fingerprint density at radius 2 is 2.05 bits per heavy atom. The van der Waals surface area contributed by atoms with Crippen LogP contribution in [-0.4, -0.2) is 25.8 Å². The van der Waals surface area contributed by atoms with E-state index in [0.717, 1.165) is 0 Å². The molecular formula is C12H8ClHgN5O. The van der Waals surface area contributed by atoms with E-state index in [1.165, 1.54) is 6.33 Å². The number of hydrogen-bond donors (Lipinski definition) is 2. The number of aromatic nitrogens is 4. The van der Waals surface area contributed by atoms with Gasteiger partial charge in [-0.1, -0.05) is 0 Å². The number of hydrogen-bond acceptors (Lipinski definition) is 4. The maximum atomic E-state index is 12.2. The van der Waals surface area contributed by atoms with Crippen LogP contribution in [0.4, 0.5) is 5.82 Å². The quantitative estimate of drug-likeness (QED) is 0.564. The van der Waals surface area contributed by atoms with Crippen molar-refractivity contribution in [2.75, 3.05) is 5.32 Å². The molecule has 3 rings (SSSR count). The van der Waals surface area contributed by atoms with Crippen LogP contribution in [0.3, 0.4) is 0 Å². The molecule has 2 N–H and O–H groups in total. The molecule has 0 radical (unpaired) electrons. The number of nitrogens with zero attached hydrogens (tertiary/aromatic N) is 3. The standard InChI is InChI=1S/C12H8N5O.ClH.Hg/c18-12(8-4-2-1-3-5-8)17-11-9-10(14-6-13-9)15-7-16-11;;/h1-6H,(H2,13,14,15,16,17,18);1H;/q;;+1/p-1. The van der Waals surface area contributed by atoms with Gasteiger partial charge in [-0.15, -0.1) is 0 Å².